The first kappa shape index (κ1) is 19.9. The number of aryl methyl sites for hydroxylation is 1. The van der Waals surface area contributed by atoms with E-state index in [0.717, 1.165) is 68.9 Å². The van der Waals surface area contributed by atoms with E-state index in [-0.39, 0.29) is 17.2 Å². The molecule has 7 heteroatoms. The molecular formula is C23H30N4O2S. The van der Waals surface area contributed by atoms with Gasteiger partial charge in [-0.05, 0) is 44.9 Å². The molecule has 6 nitrogen and oxygen atoms in total. The number of hydrogen-bond acceptors (Lipinski definition) is 5. The van der Waals surface area contributed by atoms with E-state index in [1.54, 1.807) is 11.3 Å². The molecule has 2 aromatic rings. The molecule has 3 saturated heterocycles. The summed E-state index contributed by atoms with van der Waals surface area (Å²) in [6.45, 7) is 4.78. The predicted octanol–water partition coefficient (Wildman–Crippen LogP) is 2.63. The molecule has 3 fully saturated rings. The Morgan fingerprint density at radius 2 is 1.93 bits per heavy atom. The number of hydrogen-bond donors (Lipinski definition) is 0. The maximum absolute atomic E-state index is 13.4. The molecule has 0 aliphatic carbocycles. The van der Waals surface area contributed by atoms with E-state index in [1.807, 2.05) is 28.0 Å². The van der Waals surface area contributed by atoms with Crippen molar-refractivity contribution in [2.24, 2.45) is 11.3 Å². The van der Waals surface area contributed by atoms with Gasteiger partial charge in [-0.3, -0.25) is 9.59 Å². The molecule has 3 aliphatic heterocycles. The van der Waals surface area contributed by atoms with E-state index in [9.17, 15) is 9.59 Å². The Bertz CT molecular complexity index is 921. The molecule has 0 saturated carbocycles. The van der Waals surface area contributed by atoms with E-state index in [4.69, 9.17) is 0 Å². The summed E-state index contributed by atoms with van der Waals surface area (Å²) in [7, 11) is 2.10. The van der Waals surface area contributed by atoms with Crippen LogP contribution in [-0.4, -0.2) is 77.8 Å². The van der Waals surface area contributed by atoms with Crippen LogP contribution in [0.5, 0.6) is 0 Å². The van der Waals surface area contributed by atoms with Crippen LogP contribution in [0.4, 0.5) is 0 Å². The van der Waals surface area contributed by atoms with E-state index in [2.05, 4.69) is 23.0 Å². The summed E-state index contributed by atoms with van der Waals surface area (Å²) in [4.78, 5) is 37.4. The van der Waals surface area contributed by atoms with Crippen LogP contribution in [-0.2, 0) is 16.0 Å². The van der Waals surface area contributed by atoms with Gasteiger partial charge in [0.15, 0.2) is 0 Å². The second-order valence-corrected chi connectivity index (χ2v) is 10.4. The minimum atomic E-state index is -0.387. The van der Waals surface area contributed by atoms with Crippen molar-refractivity contribution in [2.45, 2.75) is 32.1 Å². The fourth-order valence-corrected chi connectivity index (χ4v) is 6.63. The lowest BCUT2D eigenvalue weighted by Crippen LogP contribution is -2.48. The Balaban J connectivity index is 1.20. The van der Waals surface area contributed by atoms with Gasteiger partial charge in [0, 0.05) is 51.6 Å². The number of carbonyl (C=O) groups is 2. The summed E-state index contributed by atoms with van der Waals surface area (Å²) in [6, 6.07) is 8.18. The fraction of sp³-hybridized carbons (Fsp3) is 0.609. The fourth-order valence-electron chi connectivity index (χ4n) is 5.62. The molecule has 2 amide bonds. The van der Waals surface area contributed by atoms with Gasteiger partial charge in [0.2, 0.25) is 11.8 Å². The number of para-hydroxylation sites is 1. The van der Waals surface area contributed by atoms with Crippen LogP contribution in [0.2, 0.25) is 0 Å². The highest BCUT2D eigenvalue weighted by Crippen LogP contribution is 2.44. The minimum absolute atomic E-state index is 0.196. The van der Waals surface area contributed by atoms with E-state index in [0.29, 0.717) is 18.9 Å². The van der Waals surface area contributed by atoms with Crippen molar-refractivity contribution in [1.29, 1.82) is 0 Å². The van der Waals surface area contributed by atoms with Crippen LogP contribution in [0, 0.1) is 11.3 Å². The maximum Gasteiger partial charge on any atom is 0.232 e. The Kier molecular flexibility index (Phi) is 5.27. The SMILES string of the molecule is CN1C[C@H]2CN(C(=O)CCCc3nc4ccccc4s3)C[C@@]2(C(=O)N2CCCC2)C1. The highest BCUT2D eigenvalue weighted by molar-refractivity contribution is 7.18. The number of aromatic nitrogens is 1. The zero-order valence-electron chi connectivity index (χ0n) is 17.7. The summed E-state index contributed by atoms with van der Waals surface area (Å²) < 4.78 is 1.21. The molecule has 30 heavy (non-hydrogen) atoms. The number of amides is 2. The van der Waals surface area contributed by atoms with Gasteiger partial charge in [-0.15, -0.1) is 11.3 Å². The zero-order chi connectivity index (χ0) is 20.7. The average molecular weight is 427 g/mol. The number of rotatable bonds is 5. The standard InChI is InChI=1S/C23H30N4O2S/c1-25-13-17-14-27(16-23(17,15-25)22(29)26-11-4-5-12-26)21(28)10-6-9-20-24-18-7-2-3-8-19(18)30-20/h2-3,7-8,17H,4-6,9-16H2,1H3/t17-,23-/m0/s1. The summed E-state index contributed by atoms with van der Waals surface area (Å²) in [5, 5.41) is 1.10. The Morgan fingerprint density at radius 1 is 1.13 bits per heavy atom. The summed E-state index contributed by atoms with van der Waals surface area (Å²) in [6.07, 6.45) is 4.40. The molecule has 5 rings (SSSR count). The molecule has 1 aromatic heterocycles. The Morgan fingerprint density at radius 3 is 2.73 bits per heavy atom. The predicted molar refractivity (Wildman–Crippen MR) is 118 cm³/mol. The van der Waals surface area contributed by atoms with E-state index >= 15 is 0 Å². The van der Waals surface area contributed by atoms with Gasteiger partial charge in [-0.25, -0.2) is 4.98 Å². The van der Waals surface area contributed by atoms with Gasteiger partial charge in [-0.1, -0.05) is 12.1 Å². The third-order valence-corrected chi connectivity index (χ3v) is 8.17. The molecule has 0 radical (unpaired) electrons. The van der Waals surface area contributed by atoms with Gasteiger partial charge in [0.05, 0.1) is 20.6 Å². The third-order valence-electron chi connectivity index (χ3n) is 7.07. The number of nitrogens with zero attached hydrogens (tertiary/aromatic N) is 4. The molecular weight excluding hydrogens is 396 g/mol. The zero-order valence-corrected chi connectivity index (χ0v) is 18.5. The smallest absolute Gasteiger partial charge is 0.232 e. The molecule has 0 unspecified atom stereocenters. The number of thiazole rings is 1. The van der Waals surface area contributed by atoms with Crippen LogP contribution in [0.3, 0.4) is 0 Å². The summed E-state index contributed by atoms with van der Waals surface area (Å²) in [5.74, 6) is 0.754. The topological polar surface area (TPSA) is 56.8 Å². The van der Waals surface area contributed by atoms with Crippen molar-refractivity contribution in [3.63, 3.8) is 0 Å². The van der Waals surface area contributed by atoms with E-state index in [1.165, 1.54) is 4.70 Å². The Labute approximate surface area is 181 Å². The quantitative estimate of drug-likeness (QED) is 0.738. The normalized spacial score (nSPS) is 26.6. The van der Waals surface area contributed by atoms with Crippen molar-refractivity contribution < 1.29 is 9.59 Å². The van der Waals surface area contributed by atoms with Gasteiger partial charge >= 0.3 is 0 Å². The van der Waals surface area contributed by atoms with Crippen molar-refractivity contribution in [3.05, 3.63) is 29.3 Å². The average Bonchev–Trinajstić information content (AvgIpc) is 3.49. The van der Waals surface area contributed by atoms with Gasteiger partial charge < -0.3 is 14.7 Å². The van der Waals surface area contributed by atoms with Gasteiger partial charge in [0.25, 0.3) is 0 Å². The molecule has 4 heterocycles. The van der Waals surface area contributed by atoms with Crippen molar-refractivity contribution in [3.8, 4) is 0 Å². The van der Waals surface area contributed by atoms with Crippen molar-refractivity contribution >= 4 is 33.4 Å². The summed E-state index contributed by atoms with van der Waals surface area (Å²) >= 11 is 1.72. The molecule has 3 aliphatic rings. The molecule has 0 bridgehead atoms. The highest BCUT2D eigenvalue weighted by Gasteiger charge is 2.58. The van der Waals surface area contributed by atoms with Crippen LogP contribution in [0.25, 0.3) is 10.2 Å². The first-order valence-corrected chi connectivity index (χ1v) is 12.0. The number of carbonyl (C=O) groups excluding carboxylic acids is 2. The van der Waals surface area contributed by atoms with Crippen LogP contribution >= 0.6 is 11.3 Å². The largest absolute Gasteiger partial charge is 0.342 e. The van der Waals surface area contributed by atoms with Crippen LogP contribution in [0.1, 0.15) is 30.7 Å². The van der Waals surface area contributed by atoms with Gasteiger partial charge in [-0.2, -0.15) is 0 Å². The lowest BCUT2D eigenvalue weighted by molar-refractivity contribution is -0.141. The minimum Gasteiger partial charge on any atom is -0.342 e. The lowest BCUT2D eigenvalue weighted by Gasteiger charge is -2.32. The maximum atomic E-state index is 13.4. The second kappa shape index (κ2) is 7.93. The first-order valence-electron chi connectivity index (χ1n) is 11.2. The molecule has 160 valence electrons. The lowest BCUT2D eigenvalue weighted by atomic mass is 9.79. The summed E-state index contributed by atoms with van der Waals surface area (Å²) in [5.41, 5.74) is 0.657. The second-order valence-electron chi connectivity index (χ2n) is 9.25. The number of likely N-dealkylation sites (tertiary alicyclic amines) is 3. The molecule has 0 N–H and O–H groups in total. The number of fused-ring (bicyclic) bond motifs is 2. The third kappa shape index (κ3) is 3.52. The van der Waals surface area contributed by atoms with E-state index < -0.39 is 0 Å². The van der Waals surface area contributed by atoms with Crippen LogP contribution < -0.4 is 0 Å². The monoisotopic (exact) mass is 426 g/mol. The number of benzene rings is 1. The highest BCUT2D eigenvalue weighted by atomic mass is 32.1. The molecule has 0 spiro atoms. The first-order chi connectivity index (χ1) is 14.5. The molecule has 1 aromatic carbocycles. The van der Waals surface area contributed by atoms with Crippen molar-refractivity contribution in [1.82, 2.24) is 19.7 Å². The van der Waals surface area contributed by atoms with Gasteiger partial charge in [0.1, 0.15) is 0 Å². The van der Waals surface area contributed by atoms with Crippen LogP contribution in [0.15, 0.2) is 24.3 Å². The molecule has 2 atom stereocenters. The Hall–Kier alpha value is -1.99. The van der Waals surface area contributed by atoms with Crippen molar-refractivity contribution in [2.75, 3.05) is 46.3 Å².